The summed E-state index contributed by atoms with van der Waals surface area (Å²) in [6.45, 7) is 8.22. The molecule has 27 heavy (non-hydrogen) atoms. The van der Waals surface area contributed by atoms with Crippen LogP contribution in [0.25, 0.3) is 0 Å². The Morgan fingerprint density at radius 3 is 2.26 bits per heavy atom. The summed E-state index contributed by atoms with van der Waals surface area (Å²) in [6.07, 6.45) is 0. The van der Waals surface area contributed by atoms with Gasteiger partial charge in [-0.15, -0.1) is 0 Å². The zero-order valence-electron chi connectivity index (χ0n) is 16.1. The van der Waals surface area contributed by atoms with Gasteiger partial charge in [-0.2, -0.15) is 4.31 Å². The lowest BCUT2D eigenvalue weighted by atomic mass is 10.0. The summed E-state index contributed by atoms with van der Waals surface area (Å²) in [7, 11) is -3.53. The molecule has 1 fully saturated rings. The number of quaternary nitrogens is 1. The fraction of sp³-hybridized carbons (Fsp3) is 0.556. The van der Waals surface area contributed by atoms with Crippen LogP contribution in [-0.4, -0.2) is 63.9 Å². The van der Waals surface area contributed by atoms with Gasteiger partial charge in [0.1, 0.15) is 0 Å². The highest BCUT2D eigenvalue weighted by Crippen LogP contribution is 2.20. The fourth-order valence-corrected chi connectivity index (χ4v) is 4.44. The molecule has 1 aliphatic heterocycles. The Hall–Kier alpha value is -1.97. The maximum atomic E-state index is 12.8. The third kappa shape index (κ3) is 5.75. The lowest BCUT2D eigenvalue weighted by molar-refractivity contribution is -0.895. The second-order valence-electron chi connectivity index (χ2n) is 6.96. The van der Waals surface area contributed by atoms with Gasteiger partial charge < -0.3 is 10.2 Å². The van der Waals surface area contributed by atoms with E-state index in [2.05, 4.69) is 24.5 Å². The number of sulfonamides is 1. The van der Waals surface area contributed by atoms with E-state index in [9.17, 15) is 18.0 Å². The summed E-state index contributed by atoms with van der Waals surface area (Å²) in [6, 6.07) is 6.51. The molecule has 0 spiro atoms. The van der Waals surface area contributed by atoms with Crippen LogP contribution in [0.3, 0.4) is 0 Å². The first kappa shape index (κ1) is 21.3. The van der Waals surface area contributed by atoms with E-state index in [0.717, 1.165) is 10.5 Å². The standard InChI is InChI=1S/C18H28N4O4S/c1-4-19-18(24)20-17(23)13-21-9-11-22(12-10-21)27(25,26)16-7-5-15(6-8-16)14(2)3/h5-8,14H,4,9-13H2,1-3H3,(H2,19,20,23,24)/p+1. The minimum atomic E-state index is -3.53. The number of rotatable bonds is 6. The molecule has 1 heterocycles. The predicted molar refractivity (Wildman–Crippen MR) is 102 cm³/mol. The van der Waals surface area contributed by atoms with Crippen molar-refractivity contribution in [3.63, 3.8) is 0 Å². The molecule has 0 aromatic heterocycles. The minimum Gasteiger partial charge on any atom is -0.338 e. The van der Waals surface area contributed by atoms with Crippen LogP contribution in [0.1, 0.15) is 32.3 Å². The summed E-state index contributed by atoms with van der Waals surface area (Å²) >= 11 is 0. The zero-order chi connectivity index (χ0) is 20.0. The molecule has 0 atom stereocenters. The third-order valence-electron chi connectivity index (χ3n) is 4.61. The monoisotopic (exact) mass is 397 g/mol. The largest absolute Gasteiger partial charge is 0.338 e. The molecule has 0 radical (unpaired) electrons. The normalized spacial score (nSPS) is 16.3. The molecule has 1 aliphatic rings. The molecule has 0 bridgehead atoms. The second-order valence-corrected chi connectivity index (χ2v) is 8.90. The number of carbonyl (C=O) groups is 2. The molecule has 9 heteroatoms. The van der Waals surface area contributed by atoms with Crippen molar-refractivity contribution in [2.24, 2.45) is 0 Å². The number of piperazine rings is 1. The Balaban J connectivity index is 1.90. The van der Waals surface area contributed by atoms with Crippen LogP contribution in [0.15, 0.2) is 29.2 Å². The number of urea groups is 1. The second kappa shape index (κ2) is 9.29. The lowest BCUT2D eigenvalue weighted by Gasteiger charge is -2.31. The molecule has 1 aromatic carbocycles. The van der Waals surface area contributed by atoms with E-state index in [4.69, 9.17) is 0 Å². The molecule has 2 rings (SSSR count). The van der Waals surface area contributed by atoms with Crippen LogP contribution in [-0.2, 0) is 14.8 Å². The van der Waals surface area contributed by atoms with Crippen molar-refractivity contribution < 1.29 is 22.9 Å². The molecule has 0 saturated carbocycles. The molecule has 1 aromatic rings. The average Bonchev–Trinajstić information content (AvgIpc) is 2.62. The average molecular weight is 398 g/mol. The number of nitrogens with one attached hydrogen (secondary N) is 3. The topological polar surface area (TPSA) is 100 Å². The van der Waals surface area contributed by atoms with E-state index < -0.39 is 16.1 Å². The molecule has 0 unspecified atom stereocenters. The first-order valence-corrected chi connectivity index (χ1v) is 10.7. The number of hydrogen-bond acceptors (Lipinski definition) is 4. The SMILES string of the molecule is CCNC(=O)NC(=O)C[NH+]1CCN(S(=O)(=O)c2ccc(C(C)C)cc2)CC1. The van der Waals surface area contributed by atoms with E-state index >= 15 is 0 Å². The van der Waals surface area contributed by atoms with Crippen LogP contribution in [0, 0.1) is 0 Å². The summed E-state index contributed by atoms with van der Waals surface area (Å²) in [4.78, 5) is 24.5. The van der Waals surface area contributed by atoms with E-state index in [1.807, 2.05) is 12.1 Å². The van der Waals surface area contributed by atoms with Gasteiger partial charge in [0.25, 0.3) is 5.91 Å². The molecule has 3 amide bonds. The van der Waals surface area contributed by atoms with Crippen molar-refractivity contribution in [3.05, 3.63) is 29.8 Å². The van der Waals surface area contributed by atoms with Crippen LogP contribution in [0.2, 0.25) is 0 Å². The van der Waals surface area contributed by atoms with Gasteiger partial charge in [-0.3, -0.25) is 10.1 Å². The summed E-state index contributed by atoms with van der Waals surface area (Å²) < 4.78 is 27.1. The minimum absolute atomic E-state index is 0.147. The van der Waals surface area contributed by atoms with Crippen molar-refractivity contribution in [2.45, 2.75) is 31.6 Å². The van der Waals surface area contributed by atoms with Crippen molar-refractivity contribution in [2.75, 3.05) is 39.3 Å². The maximum Gasteiger partial charge on any atom is 0.321 e. The zero-order valence-corrected chi connectivity index (χ0v) is 16.9. The molecule has 1 saturated heterocycles. The van der Waals surface area contributed by atoms with Gasteiger partial charge in [-0.25, -0.2) is 13.2 Å². The van der Waals surface area contributed by atoms with Gasteiger partial charge in [-0.1, -0.05) is 26.0 Å². The number of carbonyl (C=O) groups excluding carboxylic acids is 2. The molecule has 8 nitrogen and oxygen atoms in total. The summed E-state index contributed by atoms with van der Waals surface area (Å²) in [5.41, 5.74) is 1.10. The lowest BCUT2D eigenvalue weighted by Crippen LogP contribution is -3.15. The molecule has 0 aliphatic carbocycles. The Kier molecular flexibility index (Phi) is 7.34. The third-order valence-corrected chi connectivity index (χ3v) is 6.53. The van der Waals surface area contributed by atoms with Gasteiger partial charge in [-0.05, 0) is 30.5 Å². The molecular weight excluding hydrogens is 368 g/mol. The van der Waals surface area contributed by atoms with Crippen molar-refractivity contribution in [3.8, 4) is 0 Å². The summed E-state index contributed by atoms with van der Waals surface area (Å²) in [5, 5.41) is 4.77. The summed E-state index contributed by atoms with van der Waals surface area (Å²) in [5.74, 6) is -0.0176. The van der Waals surface area contributed by atoms with Crippen molar-refractivity contribution >= 4 is 22.0 Å². The van der Waals surface area contributed by atoms with E-state index in [1.54, 1.807) is 19.1 Å². The Labute approximate surface area is 161 Å². The van der Waals surface area contributed by atoms with Crippen LogP contribution < -0.4 is 15.5 Å². The van der Waals surface area contributed by atoms with E-state index in [1.165, 1.54) is 4.31 Å². The number of hydrogen-bond donors (Lipinski definition) is 3. The van der Waals surface area contributed by atoms with Gasteiger partial charge in [0, 0.05) is 6.54 Å². The number of imide groups is 1. The van der Waals surface area contributed by atoms with Crippen LogP contribution >= 0.6 is 0 Å². The first-order valence-electron chi connectivity index (χ1n) is 9.25. The number of amides is 3. The predicted octanol–water partition coefficient (Wildman–Crippen LogP) is -0.455. The first-order chi connectivity index (χ1) is 12.7. The van der Waals surface area contributed by atoms with Gasteiger partial charge in [0.2, 0.25) is 10.0 Å². The maximum absolute atomic E-state index is 12.8. The number of benzene rings is 1. The fourth-order valence-electron chi connectivity index (χ4n) is 3.00. The van der Waals surface area contributed by atoms with Crippen molar-refractivity contribution in [1.29, 1.82) is 0 Å². The van der Waals surface area contributed by atoms with Gasteiger partial charge in [0.05, 0.1) is 31.1 Å². The van der Waals surface area contributed by atoms with Crippen molar-refractivity contribution in [1.82, 2.24) is 14.9 Å². The Morgan fingerprint density at radius 2 is 1.74 bits per heavy atom. The molecular formula is C18H29N4O4S+. The molecule has 3 N–H and O–H groups in total. The highest BCUT2D eigenvalue weighted by atomic mass is 32.2. The quantitative estimate of drug-likeness (QED) is 0.605. The highest BCUT2D eigenvalue weighted by Gasteiger charge is 2.31. The number of nitrogens with zero attached hydrogens (tertiary/aromatic N) is 1. The van der Waals surface area contributed by atoms with Crippen LogP contribution in [0.5, 0.6) is 0 Å². The van der Waals surface area contributed by atoms with Crippen LogP contribution in [0.4, 0.5) is 4.79 Å². The highest BCUT2D eigenvalue weighted by molar-refractivity contribution is 7.89. The smallest absolute Gasteiger partial charge is 0.321 e. The van der Waals surface area contributed by atoms with E-state index in [-0.39, 0.29) is 12.5 Å². The Bertz CT molecular complexity index is 754. The Morgan fingerprint density at radius 1 is 1.15 bits per heavy atom. The van der Waals surface area contributed by atoms with E-state index in [0.29, 0.717) is 43.5 Å². The van der Waals surface area contributed by atoms with Gasteiger partial charge in [0.15, 0.2) is 6.54 Å². The molecule has 150 valence electrons. The van der Waals surface area contributed by atoms with Gasteiger partial charge >= 0.3 is 6.03 Å².